The maximum absolute atomic E-state index is 13.8. The molecule has 0 bridgehead atoms. The maximum Gasteiger partial charge on any atom is 0.338 e. The summed E-state index contributed by atoms with van der Waals surface area (Å²) < 4.78 is 15.5. The number of halogens is 2. The summed E-state index contributed by atoms with van der Waals surface area (Å²) in [7, 11) is 0. The molecule has 3 aromatic carbocycles. The van der Waals surface area contributed by atoms with Crippen molar-refractivity contribution in [2.45, 2.75) is 33.4 Å². The van der Waals surface area contributed by atoms with Crippen LogP contribution in [0.5, 0.6) is 5.75 Å². The Balaban J connectivity index is 1.51. The smallest absolute Gasteiger partial charge is 0.338 e. The zero-order valence-electron chi connectivity index (χ0n) is 22.1. The summed E-state index contributed by atoms with van der Waals surface area (Å²) in [5.74, 6) is 0.250. The number of carbonyl (C=O) groups is 1. The van der Waals surface area contributed by atoms with Gasteiger partial charge in [-0.15, -0.1) is 0 Å². The van der Waals surface area contributed by atoms with Crippen molar-refractivity contribution in [2.75, 3.05) is 6.61 Å². The van der Waals surface area contributed by atoms with Gasteiger partial charge in [0.25, 0.3) is 5.56 Å². The molecule has 0 unspecified atom stereocenters. The molecule has 4 aromatic rings. The van der Waals surface area contributed by atoms with Crippen LogP contribution in [0.15, 0.2) is 92.3 Å². The summed E-state index contributed by atoms with van der Waals surface area (Å²) in [6.45, 7) is 6.24. The van der Waals surface area contributed by atoms with Gasteiger partial charge in [-0.1, -0.05) is 59.4 Å². The van der Waals surface area contributed by atoms with Gasteiger partial charge in [0.15, 0.2) is 4.80 Å². The minimum Gasteiger partial charge on any atom is -0.488 e. The third-order valence-electron chi connectivity index (χ3n) is 6.47. The van der Waals surface area contributed by atoms with Crippen molar-refractivity contribution in [2.24, 2.45) is 4.99 Å². The lowest BCUT2D eigenvalue weighted by atomic mass is 9.95. The fourth-order valence-electron chi connectivity index (χ4n) is 4.47. The van der Waals surface area contributed by atoms with Gasteiger partial charge in [-0.2, -0.15) is 0 Å². The number of nitrogens with zero attached hydrogens (tertiary/aromatic N) is 2. The summed E-state index contributed by atoms with van der Waals surface area (Å²) in [5, 5.41) is 0. The van der Waals surface area contributed by atoms with E-state index < -0.39 is 12.0 Å². The van der Waals surface area contributed by atoms with E-state index in [1.54, 1.807) is 18.4 Å². The van der Waals surface area contributed by atoms with Crippen molar-refractivity contribution in [3.63, 3.8) is 0 Å². The summed E-state index contributed by atoms with van der Waals surface area (Å²) in [6, 6.07) is 21.1. The van der Waals surface area contributed by atoms with Crippen LogP contribution in [0, 0.1) is 10.5 Å². The molecule has 40 heavy (non-hydrogen) atoms. The van der Waals surface area contributed by atoms with E-state index in [0.29, 0.717) is 33.0 Å². The first-order chi connectivity index (χ1) is 19.2. The maximum atomic E-state index is 13.8. The lowest BCUT2D eigenvalue weighted by Crippen LogP contribution is -2.39. The summed E-state index contributed by atoms with van der Waals surface area (Å²) in [4.78, 5) is 32.0. The predicted molar refractivity (Wildman–Crippen MR) is 169 cm³/mol. The van der Waals surface area contributed by atoms with Crippen LogP contribution in [0.2, 0.25) is 0 Å². The predicted octanol–water partition coefficient (Wildman–Crippen LogP) is 6.05. The molecule has 1 aliphatic rings. The number of benzene rings is 3. The van der Waals surface area contributed by atoms with Crippen LogP contribution in [0.1, 0.15) is 42.1 Å². The molecule has 0 aliphatic carbocycles. The van der Waals surface area contributed by atoms with E-state index in [1.165, 1.54) is 14.9 Å². The van der Waals surface area contributed by atoms with Crippen LogP contribution in [0.4, 0.5) is 0 Å². The zero-order valence-corrected chi connectivity index (χ0v) is 26.7. The number of carbonyl (C=O) groups excluding carboxylic acids is 1. The molecule has 2 heterocycles. The van der Waals surface area contributed by atoms with Crippen LogP contribution >= 0.6 is 49.9 Å². The van der Waals surface area contributed by atoms with Crippen LogP contribution in [-0.2, 0) is 16.1 Å². The van der Waals surface area contributed by atoms with Crippen LogP contribution in [0.3, 0.4) is 0 Å². The van der Waals surface area contributed by atoms with Gasteiger partial charge in [-0.3, -0.25) is 9.36 Å². The fraction of sp³-hybridized carbons (Fsp3) is 0.194. The van der Waals surface area contributed by atoms with Crippen molar-refractivity contribution in [1.29, 1.82) is 0 Å². The van der Waals surface area contributed by atoms with Gasteiger partial charge < -0.3 is 9.47 Å². The molecule has 9 heteroatoms. The Morgan fingerprint density at radius 1 is 1.10 bits per heavy atom. The number of rotatable bonds is 7. The molecular weight excluding hydrogens is 703 g/mol. The van der Waals surface area contributed by atoms with Crippen LogP contribution in [-0.4, -0.2) is 17.1 Å². The molecule has 1 aliphatic heterocycles. The highest BCUT2D eigenvalue weighted by atomic mass is 127. The first-order valence-electron chi connectivity index (χ1n) is 12.7. The lowest BCUT2D eigenvalue weighted by molar-refractivity contribution is -0.139. The number of esters is 1. The summed E-state index contributed by atoms with van der Waals surface area (Å²) >= 11 is 7.19. The molecule has 6 nitrogen and oxygen atoms in total. The number of fused-ring (bicyclic) bond motifs is 1. The number of hydrogen-bond donors (Lipinski definition) is 0. The van der Waals surface area contributed by atoms with Gasteiger partial charge in [0.2, 0.25) is 0 Å². The van der Waals surface area contributed by atoms with Crippen LogP contribution in [0.25, 0.3) is 6.08 Å². The van der Waals surface area contributed by atoms with E-state index in [9.17, 15) is 9.59 Å². The topological polar surface area (TPSA) is 69.9 Å². The molecule has 0 amide bonds. The molecule has 0 saturated heterocycles. The average Bonchev–Trinajstić information content (AvgIpc) is 3.23. The van der Waals surface area contributed by atoms with Crippen molar-refractivity contribution < 1.29 is 14.3 Å². The molecule has 204 valence electrons. The fourth-order valence-corrected chi connectivity index (χ4v) is 6.39. The second-order valence-corrected chi connectivity index (χ2v) is 12.4. The number of aromatic nitrogens is 1. The van der Waals surface area contributed by atoms with E-state index in [4.69, 9.17) is 9.47 Å². The number of ether oxygens (including phenoxy) is 2. The van der Waals surface area contributed by atoms with Crippen molar-refractivity contribution in [3.8, 4) is 5.75 Å². The Labute approximate surface area is 258 Å². The van der Waals surface area contributed by atoms with Gasteiger partial charge in [-0.05, 0) is 106 Å². The molecule has 0 radical (unpaired) electrons. The quantitative estimate of drug-likeness (QED) is 0.172. The molecule has 0 N–H and O–H groups in total. The summed E-state index contributed by atoms with van der Waals surface area (Å²) in [6.07, 6.45) is 1.84. The van der Waals surface area contributed by atoms with Crippen molar-refractivity contribution in [3.05, 3.63) is 128 Å². The molecule has 0 saturated carbocycles. The van der Waals surface area contributed by atoms with Crippen LogP contribution < -0.4 is 19.6 Å². The standard InChI is InChI=1S/C31H26BrIN2O4S/c1-4-38-30(37)27-19(3)34-31-35(28(27)22-10-5-18(2)6-11-22)29(36)26(40-31)16-21-9-14-25(24(32)15-21)39-17-20-7-12-23(33)13-8-20/h5-16,28H,4,17H2,1-3H3/b26-16+/t28-/m1/s1. The molecule has 1 atom stereocenters. The molecule has 0 fully saturated rings. The Hall–Kier alpha value is -3.02. The third kappa shape index (κ3) is 6.01. The highest BCUT2D eigenvalue weighted by Gasteiger charge is 2.33. The number of hydrogen-bond acceptors (Lipinski definition) is 6. The van der Waals surface area contributed by atoms with E-state index >= 15 is 0 Å². The molecule has 1 aromatic heterocycles. The highest BCUT2D eigenvalue weighted by molar-refractivity contribution is 14.1. The lowest BCUT2D eigenvalue weighted by Gasteiger charge is -2.24. The van der Waals surface area contributed by atoms with Gasteiger partial charge >= 0.3 is 5.97 Å². The Morgan fingerprint density at radius 2 is 1.82 bits per heavy atom. The normalized spacial score (nSPS) is 15.0. The molecule has 0 spiro atoms. The largest absolute Gasteiger partial charge is 0.488 e. The molecule has 5 rings (SSSR count). The first-order valence-corrected chi connectivity index (χ1v) is 15.4. The van der Waals surface area contributed by atoms with Gasteiger partial charge in [-0.25, -0.2) is 9.79 Å². The summed E-state index contributed by atoms with van der Waals surface area (Å²) in [5.41, 5.74) is 4.55. The third-order valence-corrected chi connectivity index (χ3v) is 8.79. The number of aryl methyl sites for hydroxylation is 1. The second kappa shape index (κ2) is 12.2. The SMILES string of the molecule is CCOC(=O)C1=C(C)N=c2s/c(=C/c3ccc(OCc4ccc(I)cc4)c(Br)c3)c(=O)n2[C@@H]1c1ccc(C)cc1. The Bertz CT molecular complexity index is 1790. The number of thiazole rings is 1. The Kier molecular flexibility index (Phi) is 8.72. The van der Waals surface area contributed by atoms with Gasteiger partial charge in [0.1, 0.15) is 12.4 Å². The van der Waals surface area contributed by atoms with E-state index in [-0.39, 0.29) is 12.2 Å². The minimum absolute atomic E-state index is 0.209. The Morgan fingerprint density at radius 3 is 2.50 bits per heavy atom. The number of allylic oxidation sites excluding steroid dienone is 1. The highest BCUT2D eigenvalue weighted by Crippen LogP contribution is 2.31. The van der Waals surface area contributed by atoms with Crippen molar-refractivity contribution >= 4 is 61.9 Å². The molecular formula is C31H26BrIN2O4S. The second-order valence-electron chi connectivity index (χ2n) is 9.32. The monoisotopic (exact) mass is 728 g/mol. The van der Waals surface area contributed by atoms with Gasteiger partial charge in [0, 0.05) is 3.57 Å². The van der Waals surface area contributed by atoms with Gasteiger partial charge in [0.05, 0.1) is 32.9 Å². The van der Waals surface area contributed by atoms with E-state index in [2.05, 4.69) is 43.5 Å². The van der Waals surface area contributed by atoms with Crippen molar-refractivity contribution in [1.82, 2.24) is 4.57 Å². The minimum atomic E-state index is -0.623. The zero-order chi connectivity index (χ0) is 28.4. The van der Waals surface area contributed by atoms with E-state index in [1.807, 2.05) is 79.7 Å². The van der Waals surface area contributed by atoms with E-state index in [0.717, 1.165) is 26.7 Å². The first kappa shape index (κ1) is 28.5. The average molecular weight is 729 g/mol.